The van der Waals surface area contributed by atoms with Gasteiger partial charge in [-0.05, 0) is 110 Å². The first-order chi connectivity index (χ1) is 24.2. The molecule has 3 heterocycles. The molecule has 51 heavy (non-hydrogen) atoms. The van der Waals surface area contributed by atoms with Crippen molar-refractivity contribution in [3.05, 3.63) is 130 Å². The van der Waals surface area contributed by atoms with Crippen LogP contribution in [0.4, 0.5) is 0 Å². The van der Waals surface area contributed by atoms with Crippen molar-refractivity contribution in [3.8, 4) is 34.1 Å². The number of ether oxygens (including phenoxy) is 1. The topological polar surface area (TPSA) is 44.9 Å². The molecular formula is C46H50N4O. The van der Waals surface area contributed by atoms with Crippen LogP contribution < -0.4 is 4.74 Å². The third kappa shape index (κ3) is 6.24. The summed E-state index contributed by atoms with van der Waals surface area (Å²) in [5.41, 5.74) is 14.0. The Morgan fingerprint density at radius 2 is 1.33 bits per heavy atom. The zero-order valence-corrected chi connectivity index (χ0v) is 32.0. The maximum Gasteiger partial charge on any atom is 0.137 e. The second-order valence-corrected chi connectivity index (χ2v) is 15.9. The van der Waals surface area contributed by atoms with Crippen molar-refractivity contribution < 1.29 is 4.74 Å². The van der Waals surface area contributed by atoms with E-state index < -0.39 is 0 Å². The van der Waals surface area contributed by atoms with Crippen molar-refractivity contribution in [2.45, 2.75) is 93.4 Å². The standard InChI is InChI=1S/C46H50N4O/c1-27(2)33-18-19-47-42(24-33)49-40-15-13-12-14-38(40)39-17-16-36(26-41(39)49)51-37-23-34(28(3)4)22-35(25-37)50-45(46(9,10)11)44(32(8)48-50)43-30(6)20-29(5)21-31(43)7/h12-28H,1-11H3. The summed E-state index contributed by atoms with van der Waals surface area (Å²) in [6.07, 6.45) is 1.92. The quantitative estimate of drug-likeness (QED) is 0.169. The fourth-order valence-corrected chi connectivity index (χ4v) is 7.71. The summed E-state index contributed by atoms with van der Waals surface area (Å²) in [7, 11) is 0. The molecule has 0 spiro atoms. The first-order valence-corrected chi connectivity index (χ1v) is 18.2. The Morgan fingerprint density at radius 3 is 2.02 bits per heavy atom. The van der Waals surface area contributed by atoms with E-state index in [1.807, 2.05) is 6.20 Å². The van der Waals surface area contributed by atoms with Gasteiger partial charge in [0, 0.05) is 40.1 Å². The van der Waals surface area contributed by atoms with Gasteiger partial charge in [0.05, 0.1) is 28.1 Å². The van der Waals surface area contributed by atoms with E-state index in [1.54, 1.807) is 0 Å². The van der Waals surface area contributed by atoms with E-state index in [-0.39, 0.29) is 5.41 Å². The van der Waals surface area contributed by atoms with Crippen LogP contribution in [0.25, 0.3) is 44.4 Å². The summed E-state index contributed by atoms with van der Waals surface area (Å²) in [4.78, 5) is 4.84. The van der Waals surface area contributed by atoms with Gasteiger partial charge in [-0.3, -0.25) is 4.57 Å². The second kappa shape index (κ2) is 12.9. The average molecular weight is 675 g/mol. The number of pyridine rings is 1. The minimum Gasteiger partial charge on any atom is -0.457 e. The first kappa shape index (κ1) is 34.3. The Hall–Kier alpha value is -5.16. The fourth-order valence-electron chi connectivity index (χ4n) is 7.71. The Balaban J connectivity index is 1.38. The van der Waals surface area contributed by atoms with E-state index in [9.17, 15) is 0 Å². The van der Waals surface area contributed by atoms with Gasteiger partial charge in [0.25, 0.3) is 0 Å². The van der Waals surface area contributed by atoms with Crippen molar-refractivity contribution in [2.24, 2.45) is 0 Å². The number of aromatic nitrogens is 4. The van der Waals surface area contributed by atoms with E-state index in [2.05, 4.69) is 170 Å². The van der Waals surface area contributed by atoms with Crippen LogP contribution in [0.5, 0.6) is 11.5 Å². The van der Waals surface area contributed by atoms with E-state index in [4.69, 9.17) is 14.8 Å². The van der Waals surface area contributed by atoms with Crippen molar-refractivity contribution in [1.82, 2.24) is 19.3 Å². The molecule has 3 aromatic heterocycles. The van der Waals surface area contributed by atoms with Gasteiger partial charge in [-0.25, -0.2) is 9.67 Å². The summed E-state index contributed by atoms with van der Waals surface area (Å²) < 4.78 is 11.2. The first-order valence-electron chi connectivity index (χ1n) is 18.2. The summed E-state index contributed by atoms with van der Waals surface area (Å²) in [5, 5.41) is 7.62. The summed E-state index contributed by atoms with van der Waals surface area (Å²) in [6.45, 7) is 24.5. The van der Waals surface area contributed by atoms with Crippen LogP contribution >= 0.6 is 0 Å². The summed E-state index contributed by atoms with van der Waals surface area (Å²) in [6, 6.07) is 30.4. The van der Waals surface area contributed by atoms with Gasteiger partial charge < -0.3 is 4.74 Å². The highest BCUT2D eigenvalue weighted by molar-refractivity contribution is 6.09. The number of rotatable bonds is 7. The molecule has 7 rings (SSSR count). The Labute approximate surface area is 302 Å². The van der Waals surface area contributed by atoms with Crippen LogP contribution in [-0.4, -0.2) is 19.3 Å². The summed E-state index contributed by atoms with van der Waals surface area (Å²) >= 11 is 0. The summed E-state index contributed by atoms with van der Waals surface area (Å²) in [5.74, 6) is 3.17. The third-order valence-corrected chi connectivity index (χ3v) is 10.1. The molecule has 0 fully saturated rings. The van der Waals surface area contributed by atoms with Gasteiger partial charge in [-0.15, -0.1) is 0 Å². The molecule has 4 aromatic carbocycles. The molecule has 0 N–H and O–H groups in total. The highest BCUT2D eigenvalue weighted by Gasteiger charge is 2.30. The van der Waals surface area contributed by atoms with Gasteiger partial charge >= 0.3 is 0 Å². The van der Waals surface area contributed by atoms with Gasteiger partial charge in [-0.1, -0.05) is 84.4 Å². The van der Waals surface area contributed by atoms with Gasteiger partial charge in [0.2, 0.25) is 0 Å². The van der Waals surface area contributed by atoms with E-state index in [0.717, 1.165) is 39.7 Å². The lowest BCUT2D eigenvalue weighted by molar-refractivity contribution is 0.480. The van der Waals surface area contributed by atoms with Crippen molar-refractivity contribution in [1.29, 1.82) is 0 Å². The Bertz CT molecular complexity index is 2410. The number of para-hydroxylation sites is 1. The molecule has 0 radical (unpaired) electrons. The molecule has 0 atom stereocenters. The highest BCUT2D eigenvalue weighted by atomic mass is 16.5. The molecule has 0 amide bonds. The second-order valence-electron chi connectivity index (χ2n) is 15.9. The molecule has 260 valence electrons. The number of aryl methyl sites for hydroxylation is 4. The maximum atomic E-state index is 6.81. The molecule has 0 saturated carbocycles. The van der Waals surface area contributed by atoms with Gasteiger partial charge in [0.15, 0.2) is 0 Å². The molecule has 0 aliphatic heterocycles. The number of nitrogens with zero attached hydrogens (tertiary/aromatic N) is 4. The third-order valence-electron chi connectivity index (χ3n) is 10.1. The molecule has 5 heteroatoms. The SMILES string of the molecule is Cc1cc(C)c(-c2c(C)nn(-c3cc(Oc4ccc5c6ccccc6n(-c6cc(C(C)C)ccn6)c5c4)cc(C(C)C)c3)c2C(C)(C)C)c(C)c1. The van der Waals surface area contributed by atoms with E-state index in [0.29, 0.717) is 11.8 Å². The molecular weight excluding hydrogens is 625 g/mol. The lowest BCUT2D eigenvalue weighted by atomic mass is 9.83. The Morgan fingerprint density at radius 1 is 0.647 bits per heavy atom. The number of hydrogen-bond acceptors (Lipinski definition) is 3. The van der Waals surface area contributed by atoms with Crippen molar-refractivity contribution in [2.75, 3.05) is 0 Å². The minimum absolute atomic E-state index is 0.172. The van der Waals surface area contributed by atoms with Crippen LogP contribution in [0.15, 0.2) is 91.1 Å². The normalized spacial score (nSPS) is 12.2. The molecule has 0 aliphatic carbocycles. The monoisotopic (exact) mass is 674 g/mol. The fraction of sp³-hybridized carbons (Fsp3) is 0.304. The van der Waals surface area contributed by atoms with Gasteiger partial charge in [0.1, 0.15) is 17.3 Å². The zero-order valence-electron chi connectivity index (χ0n) is 32.0. The lowest BCUT2D eigenvalue weighted by Crippen LogP contribution is -2.19. The molecule has 7 aromatic rings. The molecule has 0 unspecified atom stereocenters. The van der Waals surface area contributed by atoms with Gasteiger partial charge in [-0.2, -0.15) is 5.10 Å². The van der Waals surface area contributed by atoms with Crippen LogP contribution in [0, 0.1) is 27.7 Å². The minimum atomic E-state index is -0.172. The van der Waals surface area contributed by atoms with Crippen molar-refractivity contribution >= 4 is 21.8 Å². The van der Waals surface area contributed by atoms with Crippen LogP contribution in [0.2, 0.25) is 0 Å². The number of fused-ring (bicyclic) bond motifs is 3. The van der Waals surface area contributed by atoms with E-state index >= 15 is 0 Å². The predicted octanol–water partition coefficient (Wildman–Crippen LogP) is 12.6. The van der Waals surface area contributed by atoms with Crippen LogP contribution in [0.3, 0.4) is 0 Å². The van der Waals surface area contributed by atoms with Crippen molar-refractivity contribution in [3.63, 3.8) is 0 Å². The molecule has 0 aliphatic rings. The molecule has 5 nitrogen and oxygen atoms in total. The predicted molar refractivity (Wildman–Crippen MR) is 213 cm³/mol. The maximum absolute atomic E-state index is 6.81. The molecule has 0 bridgehead atoms. The smallest absolute Gasteiger partial charge is 0.137 e. The molecule has 0 saturated heterocycles. The van der Waals surface area contributed by atoms with Crippen LogP contribution in [-0.2, 0) is 5.41 Å². The number of hydrogen-bond donors (Lipinski definition) is 0. The highest BCUT2D eigenvalue weighted by Crippen LogP contribution is 2.42. The lowest BCUT2D eigenvalue weighted by Gasteiger charge is -2.25. The largest absolute Gasteiger partial charge is 0.457 e. The average Bonchev–Trinajstić information content (AvgIpc) is 3.59. The van der Waals surface area contributed by atoms with E-state index in [1.165, 1.54) is 55.4 Å². The zero-order chi connectivity index (χ0) is 36.4. The Kier molecular flexibility index (Phi) is 8.65. The van der Waals surface area contributed by atoms with Crippen LogP contribution in [0.1, 0.15) is 99.5 Å². The number of benzene rings is 4.